The Bertz CT molecular complexity index is 575. The third-order valence-corrected chi connectivity index (χ3v) is 2.94. The fraction of sp³-hybridized carbons (Fsp3) is 0.417. The molecule has 0 bridgehead atoms. The number of carbonyl (C=O) groups excluding carboxylic acids is 1. The van der Waals surface area contributed by atoms with Gasteiger partial charge in [-0.2, -0.15) is 0 Å². The maximum Gasteiger partial charge on any atom is 0.305 e. The van der Waals surface area contributed by atoms with E-state index >= 15 is 0 Å². The molecular weight excluding hydrogens is 280 g/mol. The van der Waals surface area contributed by atoms with E-state index in [-0.39, 0.29) is 23.5 Å². The summed E-state index contributed by atoms with van der Waals surface area (Å²) in [6.45, 7) is 3.79. The number of amides is 1. The molecule has 9 nitrogen and oxygen atoms in total. The minimum absolute atomic E-state index is 0.108. The second-order valence-electron chi connectivity index (χ2n) is 4.42. The Morgan fingerprint density at radius 3 is 2.62 bits per heavy atom. The average Bonchev–Trinajstić information content (AvgIpc) is 2.38. The van der Waals surface area contributed by atoms with Crippen molar-refractivity contribution >= 4 is 23.4 Å². The lowest BCUT2D eigenvalue weighted by Crippen LogP contribution is -2.37. The van der Waals surface area contributed by atoms with Crippen molar-refractivity contribution in [3.05, 3.63) is 27.9 Å². The highest BCUT2D eigenvalue weighted by molar-refractivity contribution is 5.98. The first-order valence-corrected chi connectivity index (χ1v) is 6.20. The number of primary amides is 1. The number of pyridine rings is 1. The molecule has 114 valence electrons. The van der Waals surface area contributed by atoms with Crippen LogP contribution in [0.1, 0.15) is 30.6 Å². The summed E-state index contributed by atoms with van der Waals surface area (Å²) in [7, 11) is 0. The zero-order chi connectivity index (χ0) is 16.2. The highest BCUT2D eigenvalue weighted by atomic mass is 16.6. The van der Waals surface area contributed by atoms with Gasteiger partial charge in [-0.1, -0.05) is 0 Å². The molecule has 0 radical (unpaired) electrons. The highest BCUT2D eigenvalue weighted by Gasteiger charge is 2.24. The molecule has 0 fully saturated rings. The zero-order valence-electron chi connectivity index (χ0n) is 11.6. The van der Waals surface area contributed by atoms with Gasteiger partial charge in [-0.05, 0) is 13.8 Å². The minimum Gasteiger partial charge on any atom is -0.481 e. The van der Waals surface area contributed by atoms with Crippen molar-refractivity contribution in [2.75, 3.05) is 11.4 Å². The molecule has 1 aromatic rings. The first-order valence-electron chi connectivity index (χ1n) is 6.20. The SMILES string of the molecule is CCN(c1ncc([N+](=O)[O-])cc1C(N)=O)C(C)CC(=O)O. The van der Waals surface area contributed by atoms with Crippen LogP contribution in [-0.4, -0.2) is 39.5 Å². The molecule has 1 rings (SSSR count). The molecule has 0 saturated heterocycles. The monoisotopic (exact) mass is 296 g/mol. The van der Waals surface area contributed by atoms with Crippen molar-refractivity contribution in [2.45, 2.75) is 26.3 Å². The van der Waals surface area contributed by atoms with Crippen molar-refractivity contribution in [3.63, 3.8) is 0 Å². The number of nitrogens with zero attached hydrogens (tertiary/aromatic N) is 3. The Labute approximate surface area is 120 Å². The summed E-state index contributed by atoms with van der Waals surface area (Å²) in [6, 6.07) is 0.598. The van der Waals surface area contributed by atoms with Gasteiger partial charge in [0.25, 0.3) is 11.6 Å². The smallest absolute Gasteiger partial charge is 0.305 e. The van der Waals surface area contributed by atoms with E-state index in [2.05, 4.69) is 4.98 Å². The average molecular weight is 296 g/mol. The van der Waals surface area contributed by atoms with Crippen LogP contribution in [0.25, 0.3) is 0 Å². The number of hydrogen-bond acceptors (Lipinski definition) is 6. The van der Waals surface area contributed by atoms with Crippen molar-refractivity contribution in [3.8, 4) is 0 Å². The summed E-state index contributed by atoms with van der Waals surface area (Å²) in [5.41, 5.74) is 4.77. The van der Waals surface area contributed by atoms with Gasteiger partial charge in [-0.3, -0.25) is 19.7 Å². The van der Waals surface area contributed by atoms with E-state index in [9.17, 15) is 19.7 Å². The number of carboxylic acid groups (broad SMARTS) is 1. The van der Waals surface area contributed by atoms with Crippen molar-refractivity contribution in [1.82, 2.24) is 4.98 Å². The first kappa shape index (κ1) is 16.3. The summed E-state index contributed by atoms with van der Waals surface area (Å²) in [4.78, 5) is 37.8. The molecule has 21 heavy (non-hydrogen) atoms. The van der Waals surface area contributed by atoms with Crippen molar-refractivity contribution < 1.29 is 19.6 Å². The van der Waals surface area contributed by atoms with Crippen LogP contribution in [0.2, 0.25) is 0 Å². The maximum atomic E-state index is 11.5. The highest BCUT2D eigenvalue weighted by Crippen LogP contribution is 2.24. The second-order valence-corrected chi connectivity index (χ2v) is 4.42. The number of aromatic nitrogens is 1. The van der Waals surface area contributed by atoms with Gasteiger partial charge in [-0.15, -0.1) is 0 Å². The predicted molar refractivity (Wildman–Crippen MR) is 74.1 cm³/mol. The largest absolute Gasteiger partial charge is 0.481 e. The third-order valence-electron chi connectivity index (χ3n) is 2.94. The van der Waals surface area contributed by atoms with Crippen LogP contribution in [0, 0.1) is 10.1 Å². The number of nitro groups is 1. The van der Waals surface area contributed by atoms with Gasteiger partial charge in [0.2, 0.25) is 0 Å². The van der Waals surface area contributed by atoms with E-state index in [1.165, 1.54) is 0 Å². The lowest BCUT2D eigenvalue weighted by Gasteiger charge is -2.29. The lowest BCUT2D eigenvalue weighted by atomic mass is 10.1. The molecule has 0 spiro atoms. The fourth-order valence-corrected chi connectivity index (χ4v) is 1.99. The summed E-state index contributed by atoms with van der Waals surface area (Å²) in [5.74, 6) is -1.71. The molecule has 3 N–H and O–H groups in total. The van der Waals surface area contributed by atoms with Crippen LogP contribution in [0.5, 0.6) is 0 Å². The summed E-state index contributed by atoms with van der Waals surface area (Å²) >= 11 is 0. The molecule has 9 heteroatoms. The topological polar surface area (TPSA) is 140 Å². The number of hydrogen-bond donors (Lipinski definition) is 2. The number of carbonyl (C=O) groups is 2. The van der Waals surface area contributed by atoms with Crippen molar-refractivity contribution in [2.24, 2.45) is 5.73 Å². The lowest BCUT2D eigenvalue weighted by molar-refractivity contribution is -0.385. The quantitative estimate of drug-likeness (QED) is 0.559. The molecule has 1 aromatic heterocycles. The van der Waals surface area contributed by atoms with Crippen LogP contribution in [0.3, 0.4) is 0 Å². The van der Waals surface area contributed by atoms with Gasteiger partial charge in [0.1, 0.15) is 12.0 Å². The molecule has 0 saturated carbocycles. The molecule has 0 aromatic carbocycles. The number of aliphatic carboxylic acids is 1. The van der Waals surface area contributed by atoms with Gasteiger partial charge in [0.05, 0.1) is 16.9 Å². The maximum absolute atomic E-state index is 11.5. The molecule has 0 aliphatic carbocycles. The molecular formula is C12H16N4O5. The van der Waals surface area contributed by atoms with Gasteiger partial charge >= 0.3 is 5.97 Å². The van der Waals surface area contributed by atoms with Gasteiger partial charge in [0.15, 0.2) is 0 Å². The Hall–Kier alpha value is -2.71. The molecule has 0 aliphatic heterocycles. The van der Waals surface area contributed by atoms with Crippen LogP contribution in [0.15, 0.2) is 12.3 Å². The van der Waals surface area contributed by atoms with E-state index in [1.807, 2.05) is 0 Å². The molecule has 1 unspecified atom stereocenters. The standard InChI is InChI=1S/C12H16N4O5/c1-3-15(7(2)4-10(17)18)12-9(11(13)19)5-8(6-14-12)16(20)21/h5-7H,3-4H2,1-2H3,(H2,13,19)(H,17,18). The Morgan fingerprint density at radius 2 is 2.19 bits per heavy atom. The zero-order valence-corrected chi connectivity index (χ0v) is 11.6. The Balaban J connectivity index is 3.28. The summed E-state index contributed by atoms with van der Waals surface area (Å²) in [5, 5.41) is 19.6. The van der Waals surface area contributed by atoms with E-state index in [0.29, 0.717) is 6.54 Å². The van der Waals surface area contributed by atoms with Crippen LogP contribution in [-0.2, 0) is 4.79 Å². The molecule has 0 aliphatic rings. The number of anilines is 1. The van der Waals surface area contributed by atoms with E-state index in [0.717, 1.165) is 12.3 Å². The van der Waals surface area contributed by atoms with Gasteiger partial charge < -0.3 is 15.7 Å². The normalized spacial score (nSPS) is 11.7. The summed E-state index contributed by atoms with van der Waals surface area (Å²) < 4.78 is 0. The first-order chi connectivity index (χ1) is 9.77. The Morgan fingerprint density at radius 1 is 1.57 bits per heavy atom. The van der Waals surface area contributed by atoms with E-state index < -0.39 is 22.8 Å². The van der Waals surface area contributed by atoms with E-state index in [4.69, 9.17) is 10.8 Å². The van der Waals surface area contributed by atoms with Gasteiger partial charge in [-0.25, -0.2) is 4.98 Å². The molecule has 1 atom stereocenters. The predicted octanol–water partition coefficient (Wildman–Crippen LogP) is 0.778. The number of nitrogens with two attached hydrogens (primary N) is 1. The fourth-order valence-electron chi connectivity index (χ4n) is 1.99. The minimum atomic E-state index is -0.997. The Kier molecular flexibility index (Phi) is 5.17. The van der Waals surface area contributed by atoms with Gasteiger partial charge in [0, 0.05) is 18.7 Å². The van der Waals surface area contributed by atoms with E-state index in [1.54, 1.807) is 18.7 Å². The number of rotatable bonds is 7. The third kappa shape index (κ3) is 3.88. The second kappa shape index (κ2) is 6.64. The molecule has 1 amide bonds. The summed E-state index contributed by atoms with van der Waals surface area (Å²) in [6.07, 6.45) is 0.850. The van der Waals surface area contributed by atoms with Crippen molar-refractivity contribution in [1.29, 1.82) is 0 Å². The van der Waals surface area contributed by atoms with Crippen LogP contribution < -0.4 is 10.6 Å². The van der Waals surface area contributed by atoms with Crippen LogP contribution in [0.4, 0.5) is 11.5 Å². The van der Waals surface area contributed by atoms with Crippen LogP contribution >= 0.6 is 0 Å². The number of carboxylic acids is 1. The molecule has 1 heterocycles.